The van der Waals surface area contributed by atoms with E-state index in [0.29, 0.717) is 17.2 Å². The van der Waals surface area contributed by atoms with Crippen LogP contribution in [0.4, 0.5) is 0 Å². The zero-order valence-electron chi connectivity index (χ0n) is 13.1. The maximum absolute atomic E-state index is 12.3. The van der Waals surface area contributed by atoms with Gasteiger partial charge in [-0.1, -0.05) is 23.2 Å². The molecule has 3 N–H and O–H groups in total. The highest BCUT2D eigenvalue weighted by Gasteiger charge is 2.25. The number of hydrogen-bond donors (Lipinski definition) is 3. The van der Waals surface area contributed by atoms with Gasteiger partial charge in [0.25, 0.3) is 5.91 Å². The number of carboxylic acid groups (broad SMARTS) is 1. The smallest absolute Gasteiger partial charge is 0.325 e. The largest absolute Gasteiger partial charge is 0.480 e. The number of rotatable bonds is 8. The summed E-state index contributed by atoms with van der Waals surface area (Å²) in [4.78, 5) is 35.4. The summed E-state index contributed by atoms with van der Waals surface area (Å²) >= 11 is 13.3. The van der Waals surface area contributed by atoms with E-state index in [2.05, 4.69) is 10.6 Å². The normalized spacial score (nSPS) is 13.0. The molecule has 132 valence electrons. The van der Waals surface area contributed by atoms with Gasteiger partial charge in [0.2, 0.25) is 5.91 Å². The molecule has 1 aromatic carbocycles. The van der Waals surface area contributed by atoms with Crippen molar-refractivity contribution in [1.29, 1.82) is 0 Å². The van der Waals surface area contributed by atoms with Gasteiger partial charge in [0.05, 0.1) is 10.6 Å². The van der Waals surface area contributed by atoms with Gasteiger partial charge in [0, 0.05) is 5.02 Å². The van der Waals surface area contributed by atoms with Gasteiger partial charge in [-0.05, 0) is 43.6 Å². The summed E-state index contributed by atoms with van der Waals surface area (Å²) in [7, 11) is 0. The molecular weight excluding hydrogens is 375 g/mol. The number of amides is 2. The predicted molar refractivity (Wildman–Crippen MR) is 96.0 cm³/mol. The molecule has 0 heterocycles. The number of carbonyl (C=O) groups excluding carboxylic acids is 2. The SMILES string of the molecule is CSCCC(NC(=O)c1ccc(Cl)cc1Cl)C(=O)N[C@H](C)C(=O)O. The zero-order chi connectivity index (χ0) is 18.3. The standard InChI is InChI=1S/C15H18Cl2N2O4S/c1-8(15(22)23)18-14(21)12(5-6-24-2)19-13(20)10-4-3-9(16)7-11(10)17/h3-4,7-8,12H,5-6H2,1-2H3,(H,18,21)(H,19,20)(H,22,23)/t8-,12?/m1/s1. The van der Waals surface area contributed by atoms with Crippen molar-refractivity contribution in [1.82, 2.24) is 10.6 Å². The Morgan fingerprint density at radius 2 is 1.92 bits per heavy atom. The monoisotopic (exact) mass is 392 g/mol. The molecule has 0 aliphatic carbocycles. The van der Waals surface area contributed by atoms with Crippen LogP contribution in [0.15, 0.2) is 18.2 Å². The minimum atomic E-state index is -1.15. The minimum absolute atomic E-state index is 0.169. The number of thioether (sulfide) groups is 1. The maximum atomic E-state index is 12.3. The second kappa shape index (κ2) is 9.76. The third-order valence-corrected chi connectivity index (χ3v) is 4.33. The van der Waals surface area contributed by atoms with Crippen LogP contribution in [0.25, 0.3) is 0 Å². The third-order valence-electron chi connectivity index (χ3n) is 3.14. The molecule has 0 aliphatic rings. The molecule has 0 aliphatic heterocycles. The molecule has 24 heavy (non-hydrogen) atoms. The van der Waals surface area contributed by atoms with Crippen LogP contribution in [-0.2, 0) is 9.59 Å². The number of halogens is 2. The zero-order valence-corrected chi connectivity index (χ0v) is 15.5. The van der Waals surface area contributed by atoms with Crippen LogP contribution in [-0.4, -0.2) is 47.0 Å². The molecule has 0 saturated heterocycles. The molecule has 0 bridgehead atoms. The number of carboxylic acids is 1. The third kappa shape index (κ3) is 6.22. The van der Waals surface area contributed by atoms with E-state index in [-0.39, 0.29) is 10.6 Å². The lowest BCUT2D eigenvalue weighted by molar-refractivity contribution is -0.141. The maximum Gasteiger partial charge on any atom is 0.325 e. The van der Waals surface area contributed by atoms with Crippen molar-refractivity contribution in [3.8, 4) is 0 Å². The lowest BCUT2D eigenvalue weighted by Gasteiger charge is -2.20. The molecule has 2 atom stereocenters. The second-order valence-corrected chi connectivity index (χ2v) is 6.83. The second-order valence-electron chi connectivity index (χ2n) is 5.00. The number of aliphatic carboxylic acids is 1. The van der Waals surface area contributed by atoms with Crippen LogP contribution in [0.5, 0.6) is 0 Å². The molecule has 1 aromatic rings. The molecular formula is C15H18Cl2N2O4S. The lowest BCUT2D eigenvalue weighted by Crippen LogP contribution is -2.51. The molecule has 0 saturated carbocycles. The Morgan fingerprint density at radius 1 is 1.25 bits per heavy atom. The molecule has 0 fully saturated rings. The van der Waals surface area contributed by atoms with Crippen molar-refractivity contribution < 1.29 is 19.5 Å². The average molecular weight is 393 g/mol. The van der Waals surface area contributed by atoms with Crippen LogP contribution in [0.2, 0.25) is 10.0 Å². The topological polar surface area (TPSA) is 95.5 Å². The molecule has 1 rings (SSSR count). The van der Waals surface area contributed by atoms with Crippen molar-refractivity contribution in [2.45, 2.75) is 25.4 Å². The number of hydrogen-bond acceptors (Lipinski definition) is 4. The highest BCUT2D eigenvalue weighted by Crippen LogP contribution is 2.21. The van der Waals surface area contributed by atoms with Gasteiger partial charge in [-0.3, -0.25) is 14.4 Å². The van der Waals surface area contributed by atoms with Gasteiger partial charge >= 0.3 is 5.97 Å². The Morgan fingerprint density at radius 3 is 2.46 bits per heavy atom. The van der Waals surface area contributed by atoms with E-state index >= 15 is 0 Å². The summed E-state index contributed by atoms with van der Waals surface area (Å²) in [6, 6.07) is 2.50. The Kier molecular flexibility index (Phi) is 8.38. The molecule has 0 aromatic heterocycles. The lowest BCUT2D eigenvalue weighted by atomic mass is 10.1. The van der Waals surface area contributed by atoms with E-state index in [1.165, 1.54) is 36.9 Å². The quantitative estimate of drug-likeness (QED) is 0.631. The first-order valence-corrected chi connectivity index (χ1v) is 9.19. The van der Waals surface area contributed by atoms with E-state index < -0.39 is 29.9 Å². The van der Waals surface area contributed by atoms with Crippen LogP contribution in [0, 0.1) is 0 Å². The van der Waals surface area contributed by atoms with Crippen LogP contribution >= 0.6 is 35.0 Å². The van der Waals surface area contributed by atoms with Crippen molar-refractivity contribution in [3.05, 3.63) is 33.8 Å². The Balaban J connectivity index is 2.86. The summed E-state index contributed by atoms with van der Waals surface area (Å²) in [5, 5.41) is 14.4. The fourth-order valence-electron chi connectivity index (χ4n) is 1.79. The van der Waals surface area contributed by atoms with E-state index in [1.54, 1.807) is 0 Å². The van der Waals surface area contributed by atoms with E-state index in [0.717, 1.165) is 0 Å². The van der Waals surface area contributed by atoms with Crippen molar-refractivity contribution in [2.24, 2.45) is 0 Å². The van der Waals surface area contributed by atoms with E-state index in [9.17, 15) is 14.4 Å². The summed E-state index contributed by atoms with van der Waals surface area (Å²) in [6.07, 6.45) is 2.23. The van der Waals surface area contributed by atoms with Crippen LogP contribution in [0.1, 0.15) is 23.7 Å². The fourth-order valence-corrected chi connectivity index (χ4v) is 2.76. The first-order chi connectivity index (χ1) is 11.3. The Hall–Kier alpha value is -1.44. The average Bonchev–Trinajstić information content (AvgIpc) is 2.50. The van der Waals surface area contributed by atoms with E-state index in [4.69, 9.17) is 28.3 Å². The molecule has 0 radical (unpaired) electrons. The van der Waals surface area contributed by atoms with Gasteiger partial charge in [-0.25, -0.2) is 0 Å². The van der Waals surface area contributed by atoms with Crippen LogP contribution < -0.4 is 10.6 Å². The molecule has 9 heteroatoms. The Bertz CT molecular complexity index is 627. The highest BCUT2D eigenvalue weighted by molar-refractivity contribution is 7.98. The van der Waals surface area contributed by atoms with Gasteiger partial charge in [0.15, 0.2) is 0 Å². The molecule has 0 spiro atoms. The summed E-state index contributed by atoms with van der Waals surface area (Å²) < 4.78 is 0. The molecule has 6 nitrogen and oxygen atoms in total. The summed E-state index contributed by atoms with van der Waals surface area (Å²) in [5.74, 6) is -1.62. The number of carbonyl (C=O) groups is 3. The number of benzene rings is 1. The fraction of sp³-hybridized carbons (Fsp3) is 0.400. The van der Waals surface area contributed by atoms with Gasteiger partial charge in [-0.15, -0.1) is 0 Å². The number of nitrogens with one attached hydrogen (secondary N) is 2. The van der Waals surface area contributed by atoms with Crippen molar-refractivity contribution >= 4 is 52.7 Å². The van der Waals surface area contributed by atoms with Gasteiger partial charge in [-0.2, -0.15) is 11.8 Å². The minimum Gasteiger partial charge on any atom is -0.480 e. The molecule has 2 amide bonds. The Labute approximate surface area is 154 Å². The van der Waals surface area contributed by atoms with Crippen molar-refractivity contribution in [2.75, 3.05) is 12.0 Å². The summed E-state index contributed by atoms with van der Waals surface area (Å²) in [6.45, 7) is 1.35. The first-order valence-electron chi connectivity index (χ1n) is 7.04. The predicted octanol–water partition coefficient (Wildman–Crippen LogP) is 2.43. The van der Waals surface area contributed by atoms with Crippen molar-refractivity contribution in [3.63, 3.8) is 0 Å². The van der Waals surface area contributed by atoms with E-state index in [1.807, 2.05) is 6.26 Å². The van der Waals surface area contributed by atoms with Gasteiger partial charge < -0.3 is 15.7 Å². The van der Waals surface area contributed by atoms with Crippen LogP contribution in [0.3, 0.4) is 0 Å². The molecule has 1 unspecified atom stereocenters. The first kappa shape index (κ1) is 20.6. The van der Waals surface area contributed by atoms with Gasteiger partial charge in [0.1, 0.15) is 12.1 Å². The summed E-state index contributed by atoms with van der Waals surface area (Å²) in [5.41, 5.74) is 0.189. The highest BCUT2D eigenvalue weighted by atomic mass is 35.5.